The predicted molar refractivity (Wildman–Crippen MR) is 91.6 cm³/mol. The van der Waals surface area contributed by atoms with E-state index in [9.17, 15) is 4.79 Å². The molecule has 0 aliphatic carbocycles. The molecule has 1 aromatic heterocycles. The number of imidazole rings is 1. The van der Waals surface area contributed by atoms with Gasteiger partial charge in [-0.15, -0.1) is 0 Å². The highest BCUT2D eigenvalue weighted by Crippen LogP contribution is 2.25. The standard InChI is InChI=1S/C18H17ClN2O2/c1-18(2,3)17(22)23-13-7-4-11(5-8-13)16-20-14-9-6-12(19)10-15(14)21-16/h4-10H,1-3H3,(H,20,21). The Morgan fingerprint density at radius 2 is 1.83 bits per heavy atom. The van der Waals surface area contributed by atoms with Crippen molar-refractivity contribution in [2.24, 2.45) is 5.41 Å². The van der Waals surface area contributed by atoms with Crippen LogP contribution in [0.1, 0.15) is 20.8 Å². The molecule has 0 amide bonds. The number of ether oxygens (including phenoxy) is 1. The van der Waals surface area contributed by atoms with Crippen molar-refractivity contribution in [2.45, 2.75) is 20.8 Å². The fourth-order valence-corrected chi connectivity index (χ4v) is 2.22. The Bertz CT molecular complexity index is 861. The van der Waals surface area contributed by atoms with Crippen molar-refractivity contribution >= 4 is 28.6 Å². The molecule has 0 unspecified atom stereocenters. The van der Waals surface area contributed by atoms with Crippen molar-refractivity contribution in [3.63, 3.8) is 0 Å². The Morgan fingerprint density at radius 3 is 2.48 bits per heavy atom. The summed E-state index contributed by atoms with van der Waals surface area (Å²) < 4.78 is 5.36. The number of H-pyrrole nitrogens is 1. The van der Waals surface area contributed by atoms with Gasteiger partial charge in [-0.25, -0.2) is 4.98 Å². The molecule has 5 heteroatoms. The van der Waals surface area contributed by atoms with Gasteiger partial charge in [0.1, 0.15) is 11.6 Å². The second-order valence-electron chi connectivity index (χ2n) is 6.41. The number of nitrogens with zero attached hydrogens (tertiary/aromatic N) is 1. The summed E-state index contributed by atoms with van der Waals surface area (Å²) in [4.78, 5) is 19.7. The zero-order valence-corrected chi connectivity index (χ0v) is 13.9. The van der Waals surface area contributed by atoms with Crippen molar-refractivity contribution in [3.8, 4) is 17.1 Å². The number of aromatic amines is 1. The molecule has 3 rings (SSSR count). The Labute approximate surface area is 139 Å². The van der Waals surface area contributed by atoms with Crippen LogP contribution in [0.4, 0.5) is 0 Å². The average Bonchev–Trinajstić information content (AvgIpc) is 2.90. The van der Waals surface area contributed by atoms with Gasteiger partial charge in [0.15, 0.2) is 0 Å². The number of hydrogen-bond acceptors (Lipinski definition) is 3. The van der Waals surface area contributed by atoms with E-state index in [0.29, 0.717) is 10.8 Å². The molecule has 3 aromatic rings. The van der Waals surface area contributed by atoms with Crippen LogP contribution in [0.3, 0.4) is 0 Å². The van der Waals surface area contributed by atoms with Gasteiger partial charge in [-0.1, -0.05) is 11.6 Å². The molecule has 1 heterocycles. The lowest BCUT2D eigenvalue weighted by Crippen LogP contribution is -2.25. The summed E-state index contributed by atoms with van der Waals surface area (Å²) in [6, 6.07) is 12.8. The van der Waals surface area contributed by atoms with Gasteiger partial charge in [-0.2, -0.15) is 0 Å². The molecule has 0 aliphatic rings. The molecule has 1 N–H and O–H groups in total. The topological polar surface area (TPSA) is 55.0 Å². The van der Waals surface area contributed by atoms with Crippen molar-refractivity contribution in [3.05, 3.63) is 47.5 Å². The van der Waals surface area contributed by atoms with Crippen molar-refractivity contribution < 1.29 is 9.53 Å². The molecule has 0 radical (unpaired) electrons. The molecular weight excluding hydrogens is 312 g/mol. The van der Waals surface area contributed by atoms with Gasteiger partial charge in [0.25, 0.3) is 0 Å². The largest absolute Gasteiger partial charge is 0.426 e. The molecular formula is C18H17ClN2O2. The SMILES string of the molecule is CC(C)(C)C(=O)Oc1ccc(-c2nc3cc(Cl)ccc3[nH]2)cc1. The third-order valence-electron chi connectivity index (χ3n) is 3.40. The van der Waals surface area contributed by atoms with Crippen LogP contribution in [-0.2, 0) is 4.79 Å². The molecule has 0 saturated carbocycles. The Kier molecular flexibility index (Phi) is 3.86. The van der Waals surface area contributed by atoms with E-state index in [0.717, 1.165) is 22.4 Å². The molecule has 0 fully saturated rings. The van der Waals surface area contributed by atoms with Gasteiger partial charge in [0.05, 0.1) is 16.4 Å². The Balaban J connectivity index is 1.85. The zero-order valence-electron chi connectivity index (χ0n) is 13.2. The van der Waals surface area contributed by atoms with Gasteiger partial charge in [0, 0.05) is 10.6 Å². The minimum Gasteiger partial charge on any atom is -0.426 e. The normalized spacial score (nSPS) is 11.7. The number of esters is 1. The molecule has 2 aromatic carbocycles. The molecule has 4 nitrogen and oxygen atoms in total. The fraction of sp³-hybridized carbons (Fsp3) is 0.222. The summed E-state index contributed by atoms with van der Waals surface area (Å²) in [6.07, 6.45) is 0. The number of fused-ring (bicyclic) bond motifs is 1. The number of aromatic nitrogens is 2. The maximum atomic E-state index is 11.9. The summed E-state index contributed by atoms with van der Waals surface area (Å²) in [5, 5.41) is 0.653. The Morgan fingerprint density at radius 1 is 1.13 bits per heavy atom. The van der Waals surface area contributed by atoms with E-state index in [2.05, 4.69) is 9.97 Å². The summed E-state index contributed by atoms with van der Waals surface area (Å²) >= 11 is 5.98. The minimum absolute atomic E-state index is 0.261. The number of halogens is 1. The molecule has 0 saturated heterocycles. The highest BCUT2D eigenvalue weighted by atomic mass is 35.5. The molecule has 0 aliphatic heterocycles. The smallest absolute Gasteiger partial charge is 0.316 e. The van der Waals surface area contributed by atoms with Crippen LogP contribution in [0.15, 0.2) is 42.5 Å². The van der Waals surface area contributed by atoms with Gasteiger partial charge in [-0.05, 0) is 63.2 Å². The first-order chi connectivity index (χ1) is 10.8. The second-order valence-corrected chi connectivity index (χ2v) is 6.85. The molecule has 118 valence electrons. The highest BCUT2D eigenvalue weighted by molar-refractivity contribution is 6.31. The van der Waals surface area contributed by atoms with E-state index >= 15 is 0 Å². The third-order valence-corrected chi connectivity index (χ3v) is 3.63. The maximum Gasteiger partial charge on any atom is 0.316 e. The fourth-order valence-electron chi connectivity index (χ4n) is 2.06. The lowest BCUT2D eigenvalue weighted by Gasteiger charge is -2.16. The number of carbonyl (C=O) groups excluding carboxylic acids is 1. The number of nitrogens with one attached hydrogen (secondary N) is 1. The number of benzene rings is 2. The first kappa shape index (κ1) is 15.6. The van der Waals surface area contributed by atoms with Crippen LogP contribution in [-0.4, -0.2) is 15.9 Å². The number of carbonyl (C=O) groups is 1. The molecule has 0 spiro atoms. The summed E-state index contributed by atoms with van der Waals surface area (Å²) in [5.74, 6) is 1.01. The van der Waals surface area contributed by atoms with Crippen LogP contribution in [0.2, 0.25) is 5.02 Å². The summed E-state index contributed by atoms with van der Waals surface area (Å²) in [7, 11) is 0. The maximum absolute atomic E-state index is 11.9. The van der Waals surface area contributed by atoms with E-state index < -0.39 is 5.41 Å². The summed E-state index contributed by atoms with van der Waals surface area (Å²) in [6.45, 7) is 5.47. The highest BCUT2D eigenvalue weighted by Gasteiger charge is 2.23. The first-order valence-corrected chi connectivity index (χ1v) is 7.69. The van der Waals surface area contributed by atoms with Gasteiger partial charge in [0.2, 0.25) is 0 Å². The minimum atomic E-state index is -0.531. The quantitative estimate of drug-likeness (QED) is 0.541. The average molecular weight is 329 g/mol. The Hall–Kier alpha value is -2.33. The van der Waals surface area contributed by atoms with E-state index in [1.807, 2.05) is 51.1 Å². The van der Waals surface area contributed by atoms with Crippen LogP contribution < -0.4 is 4.74 Å². The lowest BCUT2D eigenvalue weighted by atomic mass is 9.97. The molecule has 0 atom stereocenters. The van der Waals surface area contributed by atoms with E-state index in [1.54, 1.807) is 12.1 Å². The predicted octanol–water partition coefficient (Wildman–Crippen LogP) is 4.83. The van der Waals surface area contributed by atoms with Crippen LogP contribution in [0, 0.1) is 5.41 Å². The molecule has 23 heavy (non-hydrogen) atoms. The van der Waals surface area contributed by atoms with Gasteiger partial charge in [-0.3, -0.25) is 4.79 Å². The van der Waals surface area contributed by atoms with Crippen molar-refractivity contribution in [1.82, 2.24) is 9.97 Å². The molecule has 0 bridgehead atoms. The van der Waals surface area contributed by atoms with E-state index in [4.69, 9.17) is 16.3 Å². The summed E-state index contributed by atoms with van der Waals surface area (Å²) in [5.41, 5.74) is 2.12. The van der Waals surface area contributed by atoms with Gasteiger partial charge < -0.3 is 9.72 Å². The third kappa shape index (κ3) is 3.37. The lowest BCUT2D eigenvalue weighted by molar-refractivity contribution is -0.142. The number of rotatable bonds is 2. The van der Waals surface area contributed by atoms with Crippen molar-refractivity contribution in [1.29, 1.82) is 0 Å². The van der Waals surface area contributed by atoms with Crippen LogP contribution in [0.5, 0.6) is 5.75 Å². The van der Waals surface area contributed by atoms with Gasteiger partial charge >= 0.3 is 5.97 Å². The van der Waals surface area contributed by atoms with Crippen LogP contribution >= 0.6 is 11.6 Å². The van der Waals surface area contributed by atoms with E-state index in [-0.39, 0.29) is 5.97 Å². The number of hydrogen-bond donors (Lipinski definition) is 1. The van der Waals surface area contributed by atoms with Crippen molar-refractivity contribution in [2.75, 3.05) is 0 Å². The van der Waals surface area contributed by atoms with E-state index in [1.165, 1.54) is 0 Å². The zero-order chi connectivity index (χ0) is 16.6. The first-order valence-electron chi connectivity index (χ1n) is 7.31. The second kappa shape index (κ2) is 5.70. The monoisotopic (exact) mass is 328 g/mol. The van der Waals surface area contributed by atoms with Crippen LogP contribution in [0.25, 0.3) is 22.4 Å².